The number of carbonyl (C=O) groups excluding carboxylic acids is 2. The van der Waals surface area contributed by atoms with Gasteiger partial charge in [0.15, 0.2) is 5.78 Å². The number of nitrogens with zero attached hydrogens (tertiary/aromatic N) is 4. The SMILES string of the molecule is N#Cc1ccc(C(=O)C=C2NC(Cc3ccncc3)(Cc3ccncc3)C(=O)N2CC2CCNC2)cc1. The number of amides is 1. The Morgan fingerprint density at radius 2 is 1.65 bits per heavy atom. The van der Waals surface area contributed by atoms with E-state index in [2.05, 4.69) is 26.7 Å². The lowest BCUT2D eigenvalue weighted by Crippen LogP contribution is -2.51. The van der Waals surface area contributed by atoms with Gasteiger partial charge in [-0.3, -0.25) is 24.5 Å². The highest BCUT2D eigenvalue weighted by Gasteiger charge is 2.49. The quantitative estimate of drug-likeness (QED) is 0.367. The number of nitrogens with one attached hydrogen (secondary N) is 2. The maximum absolute atomic E-state index is 14.3. The average Bonchev–Trinajstić information content (AvgIpc) is 3.53. The van der Waals surface area contributed by atoms with E-state index in [4.69, 9.17) is 5.26 Å². The third-order valence-corrected chi connectivity index (χ3v) is 6.99. The molecule has 1 unspecified atom stereocenters. The summed E-state index contributed by atoms with van der Waals surface area (Å²) in [6, 6.07) is 16.3. The van der Waals surface area contributed by atoms with E-state index in [1.54, 1.807) is 54.0 Å². The normalized spacial score (nSPS) is 19.5. The van der Waals surface area contributed by atoms with E-state index in [0.29, 0.717) is 42.3 Å². The Labute approximate surface area is 216 Å². The third kappa shape index (κ3) is 5.42. The highest BCUT2D eigenvalue weighted by Crippen LogP contribution is 2.32. The topological polar surface area (TPSA) is 111 Å². The molecule has 3 aromatic rings. The monoisotopic (exact) mass is 492 g/mol. The second-order valence-corrected chi connectivity index (χ2v) is 9.63. The lowest BCUT2D eigenvalue weighted by atomic mass is 9.85. The maximum atomic E-state index is 14.3. The van der Waals surface area contributed by atoms with Gasteiger partial charge < -0.3 is 10.6 Å². The second kappa shape index (κ2) is 10.7. The van der Waals surface area contributed by atoms with Crippen LogP contribution in [-0.2, 0) is 17.6 Å². The molecule has 0 spiro atoms. The predicted molar refractivity (Wildman–Crippen MR) is 138 cm³/mol. The predicted octanol–water partition coefficient (Wildman–Crippen LogP) is 2.64. The molecule has 1 atom stereocenters. The molecule has 5 rings (SSSR count). The summed E-state index contributed by atoms with van der Waals surface area (Å²) in [4.78, 5) is 37.5. The Bertz CT molecular complexity index is 1280. The number of pyridine rings is 2. The molecule has 8 nitrogen and oxygen atoms in total. The molecule has 2 aliphatic rings. The van der Waals surface area contributed by atoms with Crippen molar-refractivity contribution < 1.29 is 9.59 Å². The standard InChI is InChI=1S/C29H28N6O2/c30-18-23-1-3-25(4-2-23)26(36)15-27-34-29(16-21-5-10-31-11-6-21,17-22-7-12-32-13-8-22)28(37)35(27)20-24-9-14-33-19-24/h1-8,10-13,15,24,33-34H,9,14,16-17,19-20H2. The van der Waals surface area contributed by atoms with Crippen LogP contribution in [0.5, 0.6) is 0 Å². The second-order valence-electron chi connectivity index (χ2n) is 9.63. The number of nitriles is 1. The van der Waals surface area contributed by atoms with Gasteiger partial charge in [-0.05, 0) is 85.1 Å². The largest absolute Gasteiger partial charge is 0.357 e. The first-order valence-corrected chi connectivity index (χ1v) is 12.4. The zero-order valence-electron chi connectivity index (χ0n) is 20.4. The average molecular weight is 493 g/mol. The van der Waals surface area contributed by atoms with Gasteiger partial charge >= 0.3 is 0 Å². The fourth-order valence-electron chi connectivity index (χ4n) is 5.07. The lowest BCUT2D eigenvalue weighted by Gasteiger charge is -2.28. The number of hydrogen-bond donors (Lipinski definition) is 2. The van der Waals surface area contributed by atoms with E-state index in [-0.39, 0.29) is 11.7 Å². The molecule has 4 heterocycles. The Balaban J connectivity index is 1.53. The van der Waals surface area contributed by atoms with Crippen LogP contribution in [0.2, 0.25) is 0 Å². The van der Waals surface area contributed by atoms with Crippen molar-refractivity contribution >= 4 is 11.7 Å². The van der Waals surface area contributed by atoms with Crippen molar-refractivity contribution in [3.63, 3.8) is 0 Å². The van der Waals surface area contributed by atoms with Crippen molar-refractivity contribution in [2.75, 3.05) is 19.6 Å². The van der Waals surface area contributed by atoms with Crippen LogP contribution >= 0.6 is 0 Å². The van der Waals surface area contributed by atoms with Gasteiger partial charge in [0.25, 0.3) is 5.91 Å². The maximum Gasteiger partial charge on any atom is 0.254 e. The first-order chi connectivity index (χ1) is 18.1. The zero-order valence-corrected chi connectivity index (χ0v) is 20.4. The Morgan fingerprint density at radius 3 is 2.19 bits per heavy atom. The molecule has 2 aliphatic heterocycles. The number of hydrogen-bond acceptors (Lipinski definition) is 7. The summed E-state index contributed by atoms with van der Waals surface area (Å²) in [5, 5.41) is 16.0. The first kappa shape index (κ1) is 24.3. The lowest BCUT2D eigenvalue weighted by molar-refractivity contribution is -0.132. The van der Waals surface area contributed by atoms with Crippen LogP contribution in [0.25, 0.3) is 0 Å². The molecule has 37 heavy (non-hydrogen) atoms. The molecule has 2 N–H and O–H groups in total. The van der Waals surface area contributed by atoms with Crippen molar-refractivity contribution in [1.29, 1.82) is 5.26 Å². The summed E-state index contributed by atoms with van der Waals surface area (Å²) >= 11 is 0. The Morgan fingerprint density at radius 1 is 1.03 bits per heavy atom. The first-order valence-electron chi connectivity index (χ1n) is 12.4. The smallest absolute Gasteiger partial charge is 0.254 e. The summed E-state index contributed by atoms with van der Waals surface area (Å²) < 4.78 is 0. The van der Waals surface area contributed by atoms with Gasteiger partial charge in [-0.1, -0.05) is 0 Å². The molecule has 1 aromatic carbocycles. The van der Waals surface area contributed by atoms with Gasteiger partial charge in [0, 0.05) is 55.8 Å². The summed E-state index contributed by atoms with van der Waals surface area (Å²) in [5.41, 5.74) is 1.94. The van der Waals surface area contributed by atoms with Crippen LogP contribution in [0.4, 0.5) is 0 Å². The molecular formula is C29H28N6O2. The van der Waals surface area contributed by atoms with Crippen LogP contribution in [0.1, 0.15) is 33.5 Å². The molecule has 0 bridgehead atoms. The van der Waals surface area contributed by atoms with Gasteiger partial charge in [-0.15, -0.1) is 0 Å². The van der Waals surface area contributed by atoms with Crippen LogP contribution < -0.4 is 10.6 Å². The van der Waals surface area contributed by atoms with E-state index >= 15 is 0 Å². The molecule has 0 radical (unpaired) electrons. The number of allylic oxidation sites excluding steroid dienone is 1. The number of carbonyl (C=O) groups is 2. The van der Waals surface area contributed by atoms with Gasteiger partial charge in [-0.2, -0.15) is 5.26 Å². The van der Waals surface area contributed by atoms with Gasteiger partial charge in [0.2, 0.25) is 0 Å². The fraction of sp³-hybridized carbons (Fsp3) is 0.276. The Kier molecular flexibility index (Phi) is 7.06. The minimum atomic E-state index is -0.967. The van der Waals surface area contributed by atoms with Crippen molar-refractivity contribution in [2.45, 2.75) is 24.8 Å². The summed E-state index contributed by atoms with van der Waals surface area (Å²) in [6.07, 6.45) is 10.3. The van der Waals surface area contributed by atoms with E-state index in [1.807, 2.05) is 24.3 Å². The number of rotatable bonds is 8. The van der Waals surface area contributed by atoms with E-state index < -0.39 is 5.54 Å². The molecule has 8 heteroatoms. The minimum absolute atomic E-state index is 0.0492. The van der Waals surface area contributed by atoms with Crippen LogP contribution in [0.3, 0.4) is 0 Å². The van der Waals surface area contributed by atoms with Gasteiger partial charge in [-0.25, -0.2) is 0 Å². The van der Waals surface area contributed by atoms with Crippen LogP contribution in [0, 0.1) is 17.2 Å². The molecule has 0 aliphatic carbocycles. The zero-order chi connectivity index (χ0) is 25.7. The number of benzene rings is 1. The highest BCUT2D eigenvalue weighted by molar-refractivity contribution is 6.06. The van der Waals surface area contributed by atoms with E-state index in [0.717, 1.165) is 30.6 Å². The van der Waals surface area contributed by atoms with Crippen LogP contribution in [0.15, 0.2) is 85.2 Å². The van der Waals surface area contributed by atoms with Crippen molar-refractivity contribution in [2.24, 2.45) is 5.92 Å². The molecule has 186 valence electrons. The molecule has 0 saturated carbocycles. The van der Waals surface area contributed by atoms with Gasteiger partial charge in [0.05, 0.1) is 11.6 Å². The molecule has 1 amide bonds. The van der Waals surface area contributed by atoms with Crippen molar-refractivity contribution in [3.8, 4) is 6.07 Å². The Hall–Kier alpha value is -4.35. The van der Waals surface area contributed by atoms with Crippen molar-refractivity contribution in [1.82, 2.24) is 25.5 Å². The van der Waals surface area contributed by atoms with Crippen LogP contribution in [-0.4, -0.2) is 51.7 Å². The third-order valence-electron chi connectivity index (χ3n) is 6.99. The minimum Gasteiger partial charge on any atom is -0.357 e. The molecular weight excluding hydrogens is 464 g/mol. The van der Waals surface area contributed by atoms with E-state index in [1.165, 1.54) is 6.08 Å². The molecule has 2 fully saturated rings. The highest BCUT2D eigenvalue weighted by atomic mass is 16.2. The fourth-order valence-corrected chi connectivity index (χ4v) is 5.07. The van der Waals surface area contributed by atoms with Crippen molar-refractivity contribution in [3.05, 3.63) is 107 Å². The number of aromatic nitrogens is 2. The summed E-state index contributed by atoms with van der Waals surface area (Å²) in [7, 11) is 0. The van der Waals surface area contributed by atoms with E-state index in [9.17, 15) is 9.59 Å². The number of ketones is 1. The summed E-state index contributed by atoms with van der Waals surface area (Å²) in [6.45, 7) is 2.28. The summed E-state index contributed by atoms with van der Waals surface area (Å²) in [5.74, 6) is 0.538. The van der Waals surface area contributed by atoms with Gasteiger partial charge in [0.1, 0.15) is 11.4 Å². The molecule has 2 saturated heterocycles. The molecule has 2 aromatic heterocycles.